The summed E-state index contributed by atoms with van der Waals surface area (Å²) in [5.74, 6) is -13.8. The van der Waals surface area contributed by atoms with E-state index < -0.39 is 119 Å². The molecule has 0 spiro atoms. The quantitative estimate of drug-likeness (QED) is 0.166. The molecule has 4 heterocycles. The van der Waals surface area contributed by atoms with Crippen LogP contribution in [0.5, 0.6) is 5.75 Å². The van der Waals surface area contributed by atoms with Gasteiger partial charge in [-0.15, -0.1) is 0 Å². The van der Waals surface area contributed by atoms with Gasteiger partial charge in [-0.05, 0) is 31.9 Å². The van der Waals surface area contributed by atoms with Gasteiger partial charge >= 0.3 is 5.97 Å². The number of carbonyl (C=O) groups excluding carboxylic acids is 4. The van der Waals surface area contributed by atoms with Crippen LogP contribution in [0, 0.1) is 35.4 Å². The molecule has 13 nitrogen and oxygen atoms in total. The van der Waals surface area contributed by atoms with Crippen LogP contribution in [0.3, 0.4) is 0 Å². The summed E-state index contributed by atoms with van der Waals surface area (Å²) in [5, 5.41) is 28.4. The maximum Gasteiger partial charge on any atom is 0.329 e. The van der Waals surface area contributed by atoms with Crippen LogP contribution < -0.4 is 16.0 Å². The molecule has 0 bridgehead atoms. The molecule has 3 amide bonds. The maximum absolute atomic E-state index is 14.4. The Morgan fingerprint density at radius 1 is 1.07 bits per heavy atom. The first-order valence-corrected chi connectivity index (χ1v) is 13.5. The highest BCUT2D eigenvalue weighted by molar-refractivity contribution is 5.98. The molecular formula is C27H29F4N5O8. The van der Waals surface area contributed by atoms with Crippen LogP contribution in [0.25, 0.3) is 0 Å². The van der Waals surface area contributed by atoms with Gasteiger partial charge < -0.3 is 35.6 Å². The first-order valence-electron chi connectivity index (χ1n) is 13.5. The van der Waals surface area contributed by atoms with E-state index in [0.29, 0.717) is 0 Å². The van der Waals surface area contributed by atoms with E-state index in [2.05, 4.69) is 25.9 Å². The number of esters is 1. The molecule has 0 aromatic carbocycles. The van der Waals surface area contributed by atoms with Crippen LogP contribution in [0.2, 0.25) is 0 Å². The molecule has 2 aliphatic heterocycles. The van der Waals surface area contributed by atoms with Crippen molar-refractivity contribution < 1.29 is 56.4 Å². The second-order valence-electron chi connectivity index (χ2n) is 10.5. The fourth-order valence-corrected chi connectivity index (χ4v) is 4.74. The Morgan fingerprint density at radius 2 is 1.77 bits per heavy atom. The number of aromatic nitrogens is 2. The van der Waals surface area contributed by atoms with Gasteiger partial charge in [-0.25, -0.2) is 14.2 Å². The highest BCUT2D eigenvalue weighted by atomic mass is 19.2. The van der Waals surface area contributed by atoms with Crippen LogP contribution in [0.15, 0.2) is 18.3 Å². The summed E-state index contributed by atoms with van der Waals surface area (Å²) < 4.78 is 66.3. The number of rotatable bonds is 6. The molecule has 0 aliphatic carbocycles. The monoisotopic (exact) mass is 627 g/mol. The lowest BCUT2D eigenvalue weighted by Crippen LogP contribution is -2.62. The molecule has 17 heteroatoms. The van der Waals surface area contributed by atoms with Crippen molar-refractivity contribution in [1.82, 2.24) is 25.9 Å². The minimum atomic E-state index is -2.03. The van der Waals surface area contributed by atoms with E-state index in [4.69, 9.17) is 9.47 Å². The van der Waals surface area contributed by atoms with Gasteiger partial charge in [0.25, 0.3) is 11.9 Å². The molecule has 2 aromatic heterocycles. The lowest BCUT2D eigenvalue weighted by molar-refractivity contribution is -0.163. The zero-order valence-corrected chi connectivity index (χ0v) is 23.4. The van der Waals surface area contributed by atoms with Crippen molar-refractivity contribution >= 4 is 23.7 Å². The Labute approximate surface area is 247 Å². The van der Waals surface area contributed by atoms with Crippen LogP contribution >= 0.6 is 0 Å². The van der Waals surface area contributed by atoms with Crippen LogP contribution in [0.1, 0.15) is 36.3 Å². The van der Waals surface area contributed by atoms with Crippen molar-refractivity contribution in [3.05, 3.63) is 53.1 Å². The zero-order chi connectivity index (χ0) is 32.3. The van der Waals surface area contributed by atoms with E-state index in [-0.39, 0.29) is 13.2 Å². The van der Waals surface area contributed by atoms with E-state index in [9.17, 15) is 47.0 Å². The summed E-state index contributed by atoms with van der Waals surface area (Å²) in [6, 6.07) is -1.92. The Kier molecular flexibility index (Phi) is 9.98. The average Bonchev–Trinajstić information content (AvgIpc) is 2.95. The Balaban J connectivity index is 1.68. The molecule has 2 saturated heterocycles. The molecule has 0 saturated carbocycles. The van der Waals surface area contributed by atoms with Gasteiger partial charge in [0, 0.05) is 17.7 Å². The number of nitrogens with zero attached hydrogens (tertiary/aromatic N) is 2. The second-order valence-corrected chi connectivity index (χ2v) is 10.5. The van der Waals surface area contributed by atoms with Gasteiger partial charge in [-0.3, -0.25) is 14.4 Å². The number of aromatic hydroxyl groups is 1. The fraction of sp³-hybridized carbons (Fsp3) is 0.481. The molecule has 2 aromatic rings. The maximum atomic E-state index is 14.4. The number of aliphatic hydroxyl groups excluding tert-OH is 1. The molecular weight excluding hydrogens is 598 g/mol. The van der Waals surface area contributed by atoms with E-state index >= 15 is 0 Å². The van der Waals surface area contributed by atoms with Gasteiger partial charge in [0.15, 0.2) is 11.5 Å². The largest absolute Gasteiger partial charge is 0.505 e. The molecule has 44 heavy (non-hydrogen) atoms. The summed E-state index contributed by atoms with van der Waals surface area (Å²) in [6.45, 7) is 2.70. The second kappa shape index (κ2) is 13.5. The molecule has 2 fully saturated rings. The van der Waals surface area contributed by atoms with Crippen molar-refractivity contribution in [2.75, 3.05) is 13.2 Å². The summed E-state index contributed by atoms with van der Waals surface area (Å²) in [7, 11) is 0. The third-order valence-electron chi connectivity index (χ3n) is 7.48. The van der Waals surface area contributed by atoms with Crippen molar-refractivity contribution in [2.24, 2.45) is 11.8 Å². The molecule has 0 radical (unpaired) electrons. The van der Waals surface area contributed by atoms with Crippen LogP contribution in [0.4, 0.5) is 17.6 Å². The molecule has 4 rings (SSSR count). The number of aliphatic hydroxyl groups is 1. The Hall–Kier alpha value is -4.38. The lowest BCUT2D eigenvalue weighted by Gasteiger charge is -2.37. The van der Waals surface area contributed by atoms with Crippen molar-refractivity contribution in [3.8, 4) is 5.75 Å². The van der Waals surface area contributed by atoms with Crippen LogP contribution in [-0.4, -0.2) is 87.4 Å². The van der Waals surface area contributed by atoms with Crippen molar-refractivity contribution in [2.45, 2.75) is 57.0 Å². The summed E-state index contributed by atoms with van der Waals surface area (Å²) in [6.07, 6.45) is -3.22. The first-order chi connectivity index (χ1) is 20.8. The lowest BCUT2D eigenvalue weighted by atomic mass is 9.90. The number of nitrogens with one attached hydrogen (secondary N) is 3. The fourth-order valence-electron chi connectivity index (χ4n) is 4.74. The molecule has 6 atom stereocenters. The number of hydrogen-bond donors (Lipinski definition) is 5. The summed E-state index contributed by atoms with van der Waals surface area (Å²) in [4.78, 5) is 59.2. The van der Waals surface area contributed by atoms with Crippen LogP contribution in [-0.2, 0) is 30.3 Å². The molecule has 238 valence electrons. The van der Waals surface area contributed by atoms with E-state index in [1.165, 1.54) is 32.2 Å². The Morgan fingerprint density at radius 3 is 2.41 bits per heavy atom. The predicted octanol–water partition coefficient (Wildman–Crippen LogP) is 0.0281. The number of ether oxygens (including phenoxy) is 2. The molecule has 5 N–H and O–H groups in total. The topological polar surface area (TPSA) is 189 Å². The number of carbonyl (C=O) groups is 4. The zero-order valence-electron chi connectivity index (χ0n) is 23.4. The molecule has 2 unspecified atom stereocenters. The molecule has 2 aliphatic rings. The number of cyclic esters (lactones) is 1. The Bertz CT molecular complexity index is 1450. The SMILES string of the molecule is C[C@H]1OC(=O)C(C2COC2)NC(=O)[C@H](C)[C@H](O)C(CCc2c(F)nc(F)c(F)c2F)NC(=O)[C@H]1NC(=O)c1ncccc1O. The number of hydrogen-bond acceptors (Lipinski definition) is 10. The number of pyridine rings is 2. The van der Waals surface area contributed by atoms with Gasteiger partial charge in [0.05, 0.1) is 31.3 Å². The van der Waals surface area contributed by atoms with Gasteiger partial charge in [-0.1, -0.05) is 6.92 Å². The van der Waals surface area contributed by atoms with Gasteiger partial charge in [-0.2, -0.15) is 18.2 Å². The summed E-state index contributed by atoms with van der Waals surface area (Å²) in [5.41, 5.74) is -1.44. The van der Waals surface area contributed by atoms with E-state index in [1.807, 2.05) is 0 Å². The van der Waals surface area contributed by atoms with E-state index in [0.717, 1.165) is 0 Å². The highest BCUT2D eigenvalue weighted by Crippen LogP contribution is 2.23. The normalized spacial score (nSPS) is 26.8. The van der Waals surface area contributed by atoms with Crippen molar-refractivity contribution in [1.29, 1.82) is 0 Å². The minimum Gasteiger partial charge on any atom is -0.505 e. The third-order valence-corrected chi connectivity index (χ3v) is 7.48. The van der Waals surface area contributed by atoms with Gasteiger partial charge in [0.2, 0.25) is 23.6 Å². The smallest absolute Gasteiger partial charge is 0.329 e. The highest BCUT2D eigenvalue weighted by Gasteiger charge is 2.42. The average molecular weight is 628 g/mol. The third kappa shape index (κ3) is 6.88. The predicted molar refractivity (Wildman–Crippen MR) is 138 cm³/mol. The van der Waals surface area contributed by atoms with E-state index in [1.54, 1.807) is 0 Å². The van der Waals surface area contributed by atoms with Crippen molar-refractivity contribution in [3.63, 3.8) is 0 Å². The first kappa shape index (κ1) is 32.5. The minimum absolute atomic E-state index is 0.0903. The number of amides is 3. The summed E-state index contributed by atoms with van der Waals surface area (Å²) >= 11 is 0. The number of halogens is 4. The van der Waals surface area contributed by atoms with Gasteiger partial charge in [0.1, 0.15) is 23.9 Å². The standard InChI is InChI=1S/C27H29F4N5O8/c1-10-21(38)14(6-5-13-16(28)17(29)23(31)36-22(13)30)33-25(40)18(34-26(41)20-15(37)4-3-7-32-20)11(2)44-27(42)19(35-24(10)39)12-8-43-9-12/h3-4,7,10-12,14,18-19,21,37-38H,5-6,8-9H2,1-2H3,(H,33,40)(H,34,41)(H,35,39)/t10-,11-,14?,18+,19?,21+/m1/s1.